The first-order valence-corrected chi connectivity index (χ1v) is 16.8. The van der Waals surface area contributed by atoms with Gasteiger partial charge in [-0.15, -0.1) is 0 Å². The van der Waals surface area contributed by atoms with Crippen molar-refractivity contribution in [3.8, 4) is 0 Å². The molecule has 226 valence electrons. The fourth-order valence-corrected chi connectivity index (χ4v) is 7.18. The van der Waals surface area contributed by atoms with Gasteiger partial charge in [0.25, 0.3) is 0 Å². The highest BCUT2D eigenvalue weighted by Gasteiger charge is 2.30. The van der Waals surface area contributed by atoms with Crippen LogP contribution in [0.1, 0.15) is 159 Å². The second-order valence-electron chi connectivity index (χ2n) is 15.0. The predicted octanol–water partition coefficient (Wildman–Crippen LogP) is 13.4. The molecule has 2 aliphatic carbocycles. The SMILES string of the molecule is CC1=CCCC(C)(C)[C@H]1/C=C/C(C)=C/CC/C(C)=C/CC/C=C(\C)CCCC(C)CCC1=C(C)CCCC1(C)C. The molecule has 0 aromatic heterocycles. The van der Waals surface area contributed by atoms with Gasteiger partial charge in [-0.3, -0.25) is 0 Å². The van der Waals surface area contributed by atoms with Crippen LogP contribution in [0.3, 0.4) is 0 Å². The zero-order valence-electron chi connectivity index (χ0n) is 28.5. The van der Waals surface area contributed by atoms with E-state index in [9.17, 15) is 0 Å². The highest BCUT2D eigenvalue weighted by atomic mass is 14.4. The van der Waals surface area contributed by atoms with Crippen molar-refractivity contribution in [2.24, 2.45) is 22.7 Å². The van der Waals surface area contributed by atoms with Crippen LogP contribution in [0.4, 0.5) is 0 Å². The van der Waals surface area contributed by atoms with E-state index in [1.54, 1.807) is 22.3 Å². The maximum atomic E-state index is 2.49. The second kappa shape index (κ2) is 16.8. The van der Waals surface area contributed by atoms with Gasteiger partial charge in [0.1, 0.15) is 0 Å². The van der Waals surface area contributed by atoms with Gasteiger partial charge >= 0.3 is 0 Å². The molecule has 0 saturated heterocycles. The highest BCUT2D eigenvalue weighted by molar-refractivity contribution is 5.25. The molecule has 0 N–H and O–H groups in total. The van der Waals surface area contributed by atoms with Crippen LogP contribution < -0.4 is 0 Å². The summed E-state index contributed by atoms with van der Waals surface area (Å²) in [6.07, 6.45) is 32.6. The van der Waals surface area contributed by atoms with Crippen LogP contribution in [0, 0.1) is 22.7 Å². The second-order valence-corrected chi connectivity index (χ2v) is 15.0. The number of allylic oxidation sites excluding steroid dienone is 12. The molecule has 0 saturated carbocycles. The van der Waals surface area contributed by atoms with Crippen LogP contribution in [0.25, 0.3) is 0 Å². The topological polar surface area (TPSA) is 0 Å². The van der Waals surface area contributed by atoms with Gasteiger partial charge < -0.3 is 0 Å². The van der Waals surface area contributed by atoms with Crippen molar-refractivity contribution in [3.63, 3.8) is 0 Å². The van der Waals surface area contributed by atoms with E-state index >= 15 is 0 Å². The van der Waals surface area contributed by atoms with Crippen molar-refractivity contribution in [1.82, 2.24) is 0 Å². The van der Waals surface area contributed by atoms with Crippen LogP contribution in [-0.2, 0) is 0 Å². The van der Waals surface area contributed by atoms with Gasteiger partial charge in [0.2, 0.25) is 0 Å². The molecule has 0 bridgehead atoms. The summed E-state index contributed by atoms with van der Waals surface area (Å²) in [7, 11) is 0. The Morgan fingerprint density at radius 3 is 2.23 bits per heavy atom. The monoisotopic (exact) mass is 547 g/mol. The van der Waals surface area contributed by atoms with Crippen molar-refractivity contribution in [1.29, 1.82) is 0 Å². The van der Waals surface area contributed by atoms with Gasteiger partial charge in [0, 0.05) is 5.92 Å². The summed E-state index contributed by atoms with van der Waals surface area (Å²) in [6, 6.07) is 0. The van der Waals surface area contributed by atoms with E-state index in [0.29, 0.717) is 16.7 Å². The molecule has 1 unspecified atom stereocenters. The van der Waals surface area contributed by atoms with E-state index < -0.39 is 0 Å². The Kier molecular flexibility index (Phi) is 14.5. The summed E-state index contributed by atoms with van der Waals surface area (Å²) in [6.45, 7) is 23.8. The Hall–Kier alpha value is -1.56. The first-order valence-electron chi connectivity index (χ1n) is 16.8. The van der Waals surface area contributed by atoms with Gasteiger partial charge in [0.05, 0.1) is 0 Å². The molecule has 0 heteroatoms. The Labute approximate surface area is 251 Å². The smallest absolute Gasteiger partial charge is 0.00285 e. The predicted molar refractivity (Wildman–Crippen MR) is 182 cm³/mol. The van der Waals surface area contributed by atoms with E-state index in [0.717, 1.165) is 12.3 Å². The maximum Gasteiger partial charge on any atom is 0.00285 e. The van der Waals surface area contributed by atoms with E-state index in [4.69, 9.17) is 0 Å². The lowest BCUT2D eigenvalue weighted by molar-refractivity contribution is 0.255. The summed E-state index contributed by atoms with van der Waals surface area (Å²) >= 11 is 0. The molecule has 0 radical (unpaired) electrons. The Morgan fingerprint density at radius 1 is 0.900 bits per heavy atom. The number of hydrogen-bond acceptors (Lipinski definition) is 0. The molecule has 40 heavy (non-hydrogen) atoms. The maximum absolute atomic E-state index is 2.49. The third kappa shape index (κ3) is 12.1. The van der Waals surface area contributed by atoms with Crippen molar-refractivity contribution in [2.45, 2.75) is 159 Å². The zero-order valence-corrected chi connectivity index (χ0v) is 28.5. The lowest BCUT2D eigenvalue weighted by Gasteiger charge is -2.36. The van der Waals surface area contributed by atoms with Gasteiger partial charge in [-0.1, -0.05) is 111 Å². The number of unbranched alkanes of at least 4 members (excludes halogenated alkanes) is 1. The minimum atomic E-state index is 0.378. The average molecular weight is 547 g/mol. The van der Waals surface area contributed by atoms with E-state index in [1.807, 2.05) is 0 Å². The fraction of sp³-hybridized carbons (Fsp3) is 0.700. The molecule has 0 amide bonds. The van der Waals surface area contributed by atoms with Gasteiger partial charge in [-0.25, -0.2) is 0 Å². The molecule has 0 spiro atoms. The summed E-state index contributed by atoms with van der Waals surface area (Å²) in [5, 5.41) is 0. The highest BCUT2D eigenvalue weighted by Crippen LogP contribution is 2.43. The van der Waals surface area contributed by atoms with Crippen molar-refractivity contribution < 1.29 is 0 Å². The molecule has 0 nitrogen and oxygen atoms in total. The van der Waals surface area contributed by atoms with Crippen LogP contribution in [0.2, 0.25) is 0 Å². The largest absolute Gasteiger partial charge is 0.0853 e. The quantitative estimate of drug-likeness (QED) is 0.109. The normalized spacial score (nSPS) is 23.1. The first-order chi connectivity index (χ1) is 18.8. The molecular weight excluding hydrogens is 480 g/mol. The van der Waals surface area contributed by atoms with Gasteiger partial charge in [0.15, 0.2) is 0 Å². The molecular formula is C40H66. The van der Waals surface area contributed by atoms with E-state index in [-0.39, 0.29) is 0 Å². The van der Waals surface area contributed by atoms with Crippen LogP contribution in [-0.4, -0.2) is 0 Å². The third-order valence-corrected chi connectivity index (χ3v) is 10.1. The molecule has 0 fully saturated rings. The standard InChI is InChI=1S/C40H66/c1-31(19-13-21-33(3)25-27-37-35(5)23-15-29-39(37,7)8)17-11-12-18-32(2)20-14-22-34(4)26-28-38-36(6)24-16-30-40(38,9)10/h17-18,21,23,25,27,34,37H,11-16,19-20,22,24,26,28-30H2,1-10H3/b27-25+,31-17+,32-18+,33-21+/t34?,37-/m0/s1. The van der Waals surface area contributed by atoms with Crippen molar-refractivity contribution in [2.75, 3.05) is 0 Å². The van der Waals surface area contributed by atoms with Gasteiger partial charge in [-0.2, -0.15) is 0 Å². The van der Waals surface area contributed by atoms with E-state index in [1.165, 1.54) is 94.6 Å². The van der Waals surface area contributed by atoms with Crippen LogP contribution in [0.15, 0.2) is 69.9 Å². The summed E-state index contributed by atoms with van der Waals surface area (Å²) in [4.78, 5) is 0. The summed E-state index contributed by atoms with van der Waals surface area (Å²) < 4.78 is 0. The fourth-order valence-electron chi connectivity index (χ4n) is 7.18. The lowest BCUT2D eigenvalue weighted by atomic mass is 9.68. The van der Waals surface area contributed by atoms with Gasteiger partial charge in [-0.05, 0) is 135 Å². The minimum Gasteiger partial charge on any atom is -0.0853 e. The molecule has 0 aromatic carbocycles. The Morgan fingerprint density at radius 2 is 1.57 bits per heavy atom. The first kappa shape index (κ1) is 34.6. The van der Waals surface area contributed by atoms with E-state index in [2.05, 4.69) is 106 Å². The van der Waals surface area contributed by atoms with Crippen LogP contribution >= 0.6 is 0 Å². The number of hydrogen-bond donors (Lipinski definition) is 0. The zero-order chi connectivity index (χ0) is 29.8. The molecule has 2 aliphatic rings. The molecule has 2 rings (SSSR count). The summed E-state index contributed by atoms with van der Waals surface area (Å²) in [5.41, 5.74) is 10.3. The van der Waals surface area contributed by atoms with Crippen molar-refractivity contribution in [3.05, 3.63) is 69.9 Å². The molecule has 0 aliphatic heterocycles. The molecule has 2 atom stereocenters. The number of rotatable bonds is 15. The third-order valence-electron chi connectivity index (χ3n) is 10.1. The summed E-state index contributed by atoms with van der Waals surface area (Å²) in [5.74, 6) is 1.41. The Bertz CT molecular complexity index is 968. The van der Waals surface area contributed by atoms with Crippen molar-refractivity contribution >= 4 is 0 Å². The minimum absolute atomic E-state index is 0.378. The molecule has 0 heterocycles. The van der Waals surface area contributed by atoms with Crippen LogP contribution in [0.5, 0.6) is 0 Å². The Balaban J connectivity index is 1.63. The average Bonchev–Trinajstić information content (AvgIpc) is 2.85. The molecule has 0 aromatic rings. The lowest BCUT2D eigenvalue weighted by Crippen LogP contribution is -2.26.